The Hall–Kier alpha value is -2.44. The van der Waals surface area contributed by atoms with Gasteiger partial charge < -0.3 is 19.6 Å². The number of likely N-dealkylation sites (tertiary alicyclic amines) is 2. The quantitative estimate of drug-likeness (QED) is 0.563. The number of piperidine rings is 2. The van der Waals surface area contributed by atoms with Crippen molar-refractivity contribution in [1.82, 2.24) is 9.80 Å². The first kappa shape index (κ1) is 25.6. The maximum absolute atomic E-state index is 14.3. The topological polar surface area (TPSA) is 53.0 Å². The number of carbonyl (C=O) groups is 1. The molecule has 2 aromatic rings. The highest BCUT2D eigenvalue weighted by atomic mass is 19.1. The highest BCUT2D eigenvalue weighted by Crippen LogP contribution is 2.26. The lowest BCUT2D eigenvalue weighted by atomic mass is 9.96. The summed E-state index contributed by atoms with van der Waals surface area (Å²) in [5, 5.41) is 9.65. The van der Waals surface area contributed by atoms with Crippen LogP contribution >= 0.6 is 0 Å². The van der Waals surface area contributed by atoms with Gasteiger partial charge >= 0.3 is 0 Å². The maximum atomic E-state index is 14.3. The van der Waals surface area contributed by atoms with Gasteiger partial charge in [0.2, 0.25) is 0 Å². The largest absolute Gasteiger partial charge is 0.493 e. The SMILES string of the molecule is CCC(C)(F)CN1CCC(COc2ccc(-c3ccc(C(=O)N4CCC(O)CC4)cc3)cc2)CC1. The summed E-state index contributed by atoms with van der Waals surface area (Å²) < 4.78 is 20.3. The number of hydrogen-bond acceptors (Lipinski definition) is 4. The number of amides is 1. The van der Waals surface area contributed by atoms with Gasteiger partial charge in [-0.1, -0.05) is 31.2 Å². The molecule has 0 spiro atoms. The van der Waals surface area contributed by atoms with Crippen LogP contribution in [0.15, 0.2) is 48.5 Å². The molecule has 0 bridgehead atoms. The molecular weight excluding hydrogens is 443 g/mol. The molecule has 0 aromatic heterocycles. The van der Waals surface area contributed by atoms with Crippen LogP contribution in [0.3, 0.4) is 0 Å². The molecule has 1 atom stereocenters. The molecule has 1 N–H and O–H groups in total. The lowest BCUT2D eigenvalue weighted by Crippen LogP contribution is -2.42. The molecule has 6 heteroatoms. The summed E-state index contributed by atoms with van der Waals surface area (Å²) in [6.07, 6.45) is 3.65. The van der Waals surface area contributed by atoms with Crippen molar-refractivity contribution >= 4 is 5.91 Å². The van der Waals surface area contributed by atoms with Gasteiger partial charge in [-0.25, -0.2) is 4.39 Å². The zero-order chi connectivity index (χ0) is 24.8. The normalized spacial score (nSPS) is 19.9. The molecule has 5 nitrogen and oxygen atoms in total. The minimum atomic E-state index is -1.10. The standard InChI is InChI=1S/C29H39FN2O3/c1-3-29(2,30)21-31-16-12-22(13-17-31)20-35-27-10-8-24(9-11-27)23-4-6-25(7-5-23)28(34)32-18-14-26(33)15-19-32/h4-11,22,26,33H,3,12-21H2,1-2H3. The molecule has 1 unspecified atom stereocenters. The van der Waals surface area contributed by atoms with Crippen LogP contribution in [0.1, 0.15) is 56.3 Å². The highest BCUT2D eigenvalue weighted by molar-refractivity contribution is 5.94. The summed E-state index contributed by atoms with van der Waals surface area (Å²) in [5.74, 6) is 1.39. The van der Waals surface area contributed by atoms with E-state index in [2.05, 4.69) is 4.90 Å². The number of benzene rings is 2. The van der Waals surface area contributed by atoms with Crippen molar-refractivity contribution in [1.29, 1.82) is 0 Å². The molecule has 2 saturated heterocycles. The molecule has 190 valence electrons. The Balaban J connectivity index is 1.24. The van der Waals surface area contributed by atoms with Gasteiger partial charge in [-0.3, -0.25) is 4.79 Å². The first-order chi connectivity index (χ1) is 16.8. The number of ether oxygens (including phenoxy) is 1. The second-order valence-corrected chi connectivity index (χ2v) is 10.4. The third kappa shape index (κ3) is 7.05. The molecule has 1 amide bonds. The van der Waals surface area contributed by atoms with Crippen LogP contribution in [0.4, 0.5) is 4.39 Å². The minimum Gasteiger partial charge on any atom is -0.493 e. The summed E-state index contributed by atoms with van der Waals surface area (Å²) in [4.78, 5) is 16.8. The molecule has 0 radical (unpaired) electrons. The van der Waals surface area contributed by atoms with Crippen molar-refractivity contribution in [3.8, 4) is 16.9 Å². The number of nitrogens with zero attached hydrogens (tertiary/aromatic N) is 2. The molecule has 2 aliphatic heterocycles. The first-order valence-corrected chi connectivity index (χ1v) is 13.0. The van der Waals surface area contributed by atoms with Crippen molar-refractivity contribution in [3.05, 3.63) is 54.1 Å². The number of aliphatic hydroxyl groups excluding tert-OH is 1. The van der Waals surface area contributed by atoms with Crippen LogP contribution in [-0.2, 0) is 0 Å². The van der Waals surface area contributed by atoms with Crippen molar-refractivity contribution in [2.45, 2.75) is 57.7 Å². The number of aliphatic hydroxyl groups is 1. The van der Waals surface area contributed by atoms with Crippen molar-refractivity contribution < 1.29 is 19.0 Å². The van der Waals surface area contributed by atoms with Crippen LogP contribution < -0.4 is 4.74 Å². The van der Waals surface area contributed by atoms with E-state index < -0.39 is 5.67 Å². The van der Waals surface area contributed by atoms with Crippen molar-refractivity contribution in [3.63, 3.8) is 0 Å². The average Bonchev–Trinajstić information content (AvgIpc) is 2.88. The molecule has 0 aliphatic carbocycles. The Labute approximate surface area is 208 Å². The molecule has 2 aliphatic rings. The van der Waals surface area contributed by atoms with E-state index >= 15 is 0 Å². The van der Waals surface area contributed by atoms with Gasteiger partial charge in [0.25, 0.3) is 5.91 Å². The fourth-order valence-corrected chi connectivity index (χ4v) is 4.90. The smallest absolute Gasteiger partial charge is 0.253 e. The van der Waals surface area contributed by atoms with E-state index in [4.69, 9.17) is 4.74 Å². The van der Waals surface area contributed by atoms with Gasteiger partial charge in [-0.05, 0) is 93.4 Å². The van der Waals surface area contributed by atoms with E-state index in [0.717, 1.165) is 42.8 Å². The highest BCUT2D eigenvalue weighted by Gasteiger charge is 2.27. The van der Waals surface area contributed by atoms with Gasteiger partial charge in [0.15, 0.2) is 0 Å². The van der Waals surface area contributed by atoms with Gasteiger partial charge in [0.1, 0.15) is 11.4 Å². The molecule has 0 saturated carbocycles. The Bertz CT molecular complexity index is 945. The van der Waals surface area contributed by atoms with Gasteiger partial charge in [0, 0.05) is 25.2 Å². The van der Waals surface area contributed by atoms with Crippen LogP contribution in [0.2, 0.25) is 0 Å². The second-order valence-electron chi connectivity index (χ2n) is 10.4. The zero-order valence-corrected chi connectivity index (χ0v) is 21.1. The zero-order valence-electron chi connectivity index (χ0n) is 21.1. The number of halogens is 1. The summed E-state index contributed by atoms with van der Waals surface area (Å²) in [6.45, 7) is 7.91. The predicted molar refractivity (Wildman–Crippen MR) is 137 cm³/mol. The van der Waals surface area contributed by atoms with E-state index in [1.54, 1.807) is 6.92 Å². The maximum Gasteiger partial charge on any atom is 0.253 e. The molecule has 35 heavy (non-hydrogen) atoms. The monoisotopic (exact) mass is 482 g/mol. The number of hydrogen-bond donors (Lipinski definition) is 1. The number of carbonyl (C=O) groups excluding carboxylic acids is 1. The molecule has 4 rings (SSSR count). The molecule has 2 heterocycles. The predicted octanol–water partition coefficient (Wildman–Crippen LogP) is 5.18. The Morgan fingerprint density at radius 2 is 1.54 bits per heavy atom. The Morgan fingerprint density at radius 3 is 2.11 bits per heavy atom. The van der Waals surface area contributed by atoms with Gasteiger partial charge in [-0.15, -0.1) is 0 Å². The van der Waals surface area contributed by atoms with Crippen molar-refractivity contribution in [2.24, 2.45) is 5.92 Å². The van der Waals surface area contributed by atoms with Gasteiger partial charge in [0.05, 0.1) is 12.7 Å². The van der Waals surface area contributed by atoms with Crippen molar-refractivity contribution in [2.75, 3.05) is 39.3 Å². The van der Waals surface area contributed by atoms with E-state index in [1.807, 2.05) is 60.4 Å². The summed E-state index contributed by atoms with van der Waals surface area (Å²) in [7, 11) is 0. The van der Waals surface area contributed by atoms with E-state index in [1.165, 1.54) is 0 Å². The molecule has 2 fully saturated rings. The number of rotatable bonds is 8. The lowest BCUT2D eigenvalue weighted by molar-refractivity contribution is 0.0546. The second kappa shape index (κ2) is 11.5. The Kier molecular flexibility index (Phi) is 8.45. The minimum absolute atomic E-state index is 0.0297. The average molecular weight is 483 g/mol. The lowest BCUT2D eigenvalue weighted by Gasteiger charge is -2.35. The summed E-state index contributed by atoms with van der Waals surface area (Å²) in [5.41, 5.74) is 1.72. The van der Waals surface area contributed by atoms with E-state index in [9.17, 15) is 14.3 Å². The molecular formula is C29H39FN2O3. The fourth-order valence-electron chi connectivity index (χ4n) is 4.90. The summed E-state index contributed by atoms with van der Waals surface area (Å²) >= 11 is 0. The number of alkyl halides is 1. The van der Waals surface area contributed by atoms with Gasteiger partial charge in [-0.2, -0.15) is 0 Å². The summed E-state index contributed by atoms with van der Waals surface area (Å²) in [6, 6.07) is 15.8. The van der Waals surface area contributed by atoms with Crippen LogP contribution in [0.25, 0.3) is 11.1 Å². The van der Waals surface area contributed by atoms with Crippen LogP contribution in [-0.4, -0.2) is 71.9 Å². The first-order valence-electron chi connectivity index (χ1n) is 13.0. The van der Waals surface area contributed by atoms with Crippen LogP contribution in [0.5, 0.6) is 5.75 Å². The van der Waals surface area contributed by atoms with E-state index in [0.29, 0.717) is 57.0 Å². The third-order valence-corrected chi connectivity index (χ3v) is 7.55. The Morgan fingerprint density at radius 1 is 0.971 bits per heavy atom. The van der Waals surface area contributed by atoms with Crippen LogP contribution in [0, 0.1) is 5.92 Å². The van der Waals surface area contributed by atoms with E-state index in [-0.39, 0.29) is 12.0 Å². The molecule has 2 aromatic carbocycles. The fraction of sp³-hybridized carbons (Fsp3) is 0.552. The third-order valence-electron chi connectivity index (χ3n) is 7.55.